The second kappa shape index (κ2) is 11.8. The zero-order valence-electron chi connectivity index (χ0n) is 22.3. The zero-order chi connectivity index (χ0) is 27.7. The van der Waals surface area contributed by atoms with E-state index in [0.717, 1.165) is 42.5 Å². The molecule has 0 spiro atoms. The molecule has 1 aliphatic heterocycles. The summed E-state index contributed by atoms with van der Waals surface area (Å²) in [6.07, 6.45) is 1.56. The maximum absolute atomic E-state index is 12.7. The minimum Gasteiger partial charge on any atom is -0.489 e. The van der Waals surface area contributed by atoms with Crippen molar-refractivity contribution in [3.05, 3.63) is 69.3 Å². The van der Waals surface area contributed by atoms with E-state index in [0.29, 0.717) is 37.7 Å². The highest BCUT2D eigenvalue weighted by Crippen LogP contribution is 2.40. The Morgan fingerprint density at radius 2 is 1.79 bits per heavy atom. The smallest absolute Gasteiger partial charge is 0.351 e. The first-order valence-corrected chi connectivity index (χ1v) is 14.5. The monoisotopic (exact) mass is 587 g/mol. The Labute approximate surface area is 242 Å². The van der Waals surface area contributed by atoms with Gasteiger partial charge in [-0.15, -0.1) is 11.3 Å². The van der Waals surface area contributed by atoms with Crippen LogP contribution in [0.2, 0.25) is 10.3 Å². The summed E-state index contributed by atoms with van der Waals surface area (Å²) in [5.41, 5.74) is 2.35. The number of esters is 1. The number of imidazole rings is 1. The molecular weight excluding hydrogens is 557 g/mol. The Hall–Kier alpha value is -2.78. The van der Waals surface area contributed by atoms with E-state index in [1.54, 1.807) is 10.6 Å². The summed E-state index contributed by atoms with van der Waals surface area (Å²) in [6, 6.07) is 15.7. The molecule has 10 heteroatoms. The Morgan fingerprint density at radius 1 is 1.05 bits per heavy atom. The number of thiophene rings is 1. The minimum absolute atomic E-state index is 0.115. The van der Waals surface area contributed by atoms with Crippen LogP contribution in [-0.4, -0.2) is 52.8 Å². The number of methoxy groups -OCH3 is 1. The number of fused-ring (bicyclic) bond motifs is 1. The van der Waals surface area contributed by atoms with Gasteiger partial charge in [0.25, 0.3) is 0 Å². The number of ether oxygens (including phenoxy) is 3. The van der Waals surface area contributed by atoms with Gasteiger partial charge in [0.2, 0.25) is 5.28 Å². The first kappa shape index (κ1) is 27.8. The molecule has 1 fully saturated rings. The van der Waals surface area contributed by atoms with Gasteiger partial charge in [-0.2, -0.15) is 0 Å². The first-order chi connectivity index (χ1) is 18.8. The van der Waals surface area contributed by atoms with Gasteiger partial charge in [-0.05, 0) is 63.4 Å². The van der Waals surface area contributed by atoms with Gasteiger partial charge in [0.15, 0.2) is 4.88 Å². The lowest BCUT2D eigenvalue weighted by molar-refractivity contribution is 0.0599. The standard InChI is InChI=1S/C29H31Cl2N3O4S/c1-17(2)33-14-12-19(13-15-33)38-23-11-7-8-20(26(23)30)18(3)37-24-16-25(39-27(24)28(35)36-4)34-22-10-6-5-9-21(22)32-29(34)31/h5-11,16-19H,12-15H2,1-4H3/t18-/m1/s1. The van der Waals surface area contributed by atoms with Crippen LogP contribution < -0.4 is 9.47 Å². The number of aromatic nitrogens is 2. The molecule has 2 aromatic heterocycles. The number of carbonyl (C=O) groups excluding carboxylic acids is 1. The molecular formula is C29H31Cl2N3O4S. The quantitative estimate of drug-likeness (QED) is 0.198. The Kier molecular flexibility index (Phi) is 8.38. The fourth-order valence-corrected chi connectivity index (χ4v) is 6.55. The van der Waals surface area contributed by atoms with Crippen LogP contribution in [0.25, 0.3) is 16.0 Å². The van der Waals surface area contributed by atoms with Crippen molar-refractivity contribution in [2.75, 3.05) is 20.2 Å². The van der Waals surface area contributed by atoms with Gasteiger partial charge in [-0.1, -0.05) is 35.9 Å². The van der Waals surface area contributed by atoms with Crippen molar-refractivity contribution in [3.63, 3.8) is 0 Å². The fraction of sp³-hybridized carbons (Fsp3) is 0.379. The molecule has 0 aliphatic carbocycles. The summed E-state index contributed by atoms with van der Waals surface area (Å²) >= 11 is 14.6. The third-order valence-corrected chi connectivity index (χ3v) is 8.77. The largest absolute Gasteiger partial charge is 0.489 e. The van der Waals surface area contributed by atoms with Crippen LogP contribution >= 0.6 is 34.5 Å². The van der Waals surface area contributed by atoms with Gasteiger partial charge in [-0.3, -0.25) is 4.57 Å². The summed E-state index contributed by atoms with van der Waals surface area (Å²) in [5, 5.41) is 1.49. The van der Waals surface area contributed by atoms with Gasteiger partial charge in [0, 0.05) is 30.8 Å². The molecule has 0 bridgehead atoms. The number of para-hydroxylation sites is 2. The maximum atomic E-state index is 12.7. The first-order valence-electron chi connectivity index (χ1n) is 13.0. The van der Waals surface area contributed by atoms with Gasteiger partial charge in [-0.25, -0.2) is 9.78 Å². The molecule has 39 heavy (non-hydrogen) atoms. The molecule has 206 valence electrons. The van der Waals surface area contributed by atoms with Crippen molar-refractivity contribution >= 4 is 51.5 Å². The van der Waals surface area contributed by atoms with E-state index in [1.165, 1.54) is 18.4 Å². The van der Waals surface area contributed by atoms with Crippen LogP contribution in [0.1, 0.15) is 55.0 Å². The molecule has 2 aromatic carbocycles. The summed E-state index contributed by atoms with van der Waals surface area (Å²) < 4.78 is 19.5. The van der Waals surface area contributed by atoms with Crippen LogP contribution in [0.5, 0.6) is 11.5 Å². The van der Waals surface area contributed by atoms with E-state index in [2.05, 4.69) is 23.7 Å². The van der Waals surface area contributed by atoms with Crippen LogP contribution in [0.3, 0.4) is 0 Å². The lowest BCUT2D eigenvalue weighted by atomic mass is 10.1. The predicted molar refractivity (Wildman–Crippen MR) is 156 cm³/mol. The van der Waals surface area contributed by atoms with Gasteiger partial charge >= 0.3 is 5.97 Å². The van der Waals surface area contributed by atoms with E-state index in [4.69, 9.17) is 37.4 Å². The van der Waals surface area contributed by atoms with E-state index >= 15 is 0 Å². The second-order valence-corrected chi connectivity index (χ2v) is 11.6. The molecule has 1 saturated heterocycles. The average Bonchev–Trinajstić information content (AvgIpc) is 3.49. The zero-order valence-corrected chi connectivity index (χ0v) is 24.6. The molecule has 7 nitrogen and oxygen atoms in total. The lowest BCUT2D eigenvalue weighted by Crippen LogP contribution is -2.41. The number of likely N-dealkylation sites (tertiary alicyclic amines) is 1. The molecule has 1 aliphatic rings. The number of piperidine rings is 1. The van der Waals surface area contributed by atoms with E-state index in [1.807, 2.05) is 49.4 Å². The number of rotatable bonds is 8. The van der Waals surface area contributed by atoms with Crippen molar-refractivity contribution in [2.45, 2.75) is 51.9 Å². The highest BCUT2D eigenvalue weighted by Gasteiger charge is 2.26. The fourth-order valence-electron chi connectivity index (χ4n) is 4.88. The molecule has 3 heterocycles. The summed E-state index contributed by atoms with van der Waals surface area (Å²) in [4.78, 5) is 19.9. The third kappa shape index (κ3) is 5.75. The van der Waals surface area contributed by atoms with Gasteiger partial charge < -0.3 is 19.1 Å². The third-order valence-electron chi connectivity index (χ3n) is 7.03. The van der Waals surface area contributed by atoms with Gasteiger partial charge in [0.05, 0.1) is 23.2 Å². The number of carbonyl (C=O) groups is 1. The molecule has 0 N–H and O–H groups in total. The Morgan fingerprint density at radius 3 is 2.51 bits per heavy atom. The van der Waals surface area contributed by atoms with Crippen molar-refractivity contribution in [1.82, 2.24) is 14.5 Å². The van der Waals surface area contributed by atoms with Crippen molar-refractivity contribution in [2.24, 2.45) is 0 Å². The highest BCUT2D eigenvalue weighted by molar-refractivity contribution is 7.16. The normalized spacial score (nSPS) is 15.6. The van der Waals surface area contributed by atoms with Crippen molar-refractivity contribution < 1.29 is 19.0 Å². The van der Waals surface area contributed by atoms with E-state index < -0.39 is 12.1 Å². The average molecular weight is 589 g/mol. The SMILES string of the molecule is COC(=O)c1sc(-n2c(Cl)nc3ccccc32)cc1O[C@H](C)c1cccc(OC2CCN(C(C)C)CC2)c1Cl. The lowest BCUT2D eigenvalue weighted by Gasteiger charge is -2.34. The molecule has 0 unspecified atom stereocenters. The molecule has 0 amide bonds. The van der Waals surface area contributed by atoms with Crippen LogP contribution in [0.4, 0.5) is 0 Å². The number of benzene rings is 2. The number of nitrogens with zero attached hydrogens (tertiary/aromatic N) is 3. The molecule has 5 rings (SSSR count). The van der Waals surface area contributed by atoms with Crippen molar-refractivity contribution in [1.29, 1.82) is 0 Å². The minimum atomic E-state index is -0.495. The maximum Gasteiger partial charge on any atom is 0.351 e. The van der Waals surface area contributed by atoms with Crippen LogP contribution in [0, 0.1) is 0 Å². The Balaban J connectivity index is 1.39. The van der Waals surface area contributed by atoms with Gasteiger partial charge in [0.1, 0.15) is 28.7 Å². The number of hydrogen-bond acceptors (Lipinski definition) is 7. The topological polar surface area (TPSA) is 65.8 Å². The van der Waals surface area contributed by atoms with Crippen molar-refractivity contribution in [3.8, 4) is 16.5 Å². The molecule has 4 aromatic rings. The second-order valence-electron chi connectivity index (χ2n) is 9.84. The summed E-state index contributed by atoms with van der Waals surface area (Å²) in [7, 11) is 1.35. The molecule has 0 radical (unpaired) electrons. The van der Waals surface area contributed by atoms with Crippen LogP contribution in [-0.2, 0) is 4.74 Å². The summed E-state index contributed by atoms with van der Waals surface area (Å²) in [5.74, 6) is 0.528. The molecule has 0 saturated carbocycles. The van der Waals surface area contributed by atoms with E-state index in [-0.39, 0.29) is 6.10 Å². The van der Waals surface area contributed by atoms with Crippen LogP contribution in [0.15, 0.2) is 48.5 Å². The summed E-state index contributed by atoms with van der Waals surface area (Å²) in [6.45, 7) is 8.34. The van der Waals surface area contributed by atoms with E-state index in [9.17, 15) is 4.79 Å². The highest BCUT2D eigenvalue weighted by atomic mass is 35.5. The number of hydrogen-bond donors (Lipinski definition) is 0. The predicted octanol–water partition coefficient (Wildman–Crippen LogP) is 7.57. The molecule has 1 atom stereocenters. The Bertz CT molecular complexity index is 1480. The number of halogens is 2.